The third-order valence-electron chi connectivity index (χ3n) is 6.32. The number of anilines is 2. The molecule has 35 heavy (non-hydrogen) atoms. The van der Waals surface area contributed by atoms with Gasteiger partial charge >= 0.3 is 0 Å². The molecular weight excluding hydrogens is 458 g/mol. The van der Waals surface area contributed by atoms with Crippen LogP contribution in [0.1, 0.15) is 21.8 Å². The lowest BCUT2D eigenvalue weighted by atomic mass is 10.0. The van der Waals surface area contributed by atoms with Crippen molar-refractivity contribution in [1.82, 2.24) is 24.8 Å². The molecule has 1 N–H and O–H groups in total. The Hall–Kier alpha value is -2.88. The molecule has 2 aromatic heterocycles. The molecule has 8 nitrogen and oxygen atoms in total. The highest BCUT2D eigenvalue weighted by atomic mass is 32.1. The molecule has 0 radical (unpaired) electrons. The summed E-state index contributed by atoms with van der Waals surface area (Å²) in [4.78, 5) is 34.1. The molecule has 1 aliphatic rings. The molecule has 0 aliphatic carbocycles. The van der Waals surface area contributed by atoms with Crippen LogP contribution in [0.25, 0.3) is 0 Å². The van der Waals surface area contributed by atoms with E-state index in [1.165, 1.54) is 16.9 Å². The third-order valence-corrected chi connectivity index (χ3v) is 7.31. The van der Waals surface area contributed by atoms with E-state index in [0.717, 1.165) is 61.2 Å². The SMILES string of the molecule is Cc1nc(NC(=O)CN2CCN(Cc3ccccc3)C[C@@H](Cc3cc(N(C)C)ncn3)C2)sc1C. The first-order valence-corrected chi connectivity index (χ1v) is 12.9. The normalized spacial score (nSPS) is 17.2. The van der Waals surface area contributed by atoms with Crippen LogP contribution >= 0.6 is 11.3 Å². The topological polar surface area (TPSA) is 77.5 Å². The molecule has 1 saturated heterocycles. The zero-order valence-electron chi connectivity index (χ0n) is 21.1. The molecule has 0 unspecified atom stereocenters. The maximum absolute atomic E-state index is 12.8. The molecule has 9 heteroatoms. The monoisotopic (exact) mass is 493 g/mol. The van der Waals surface area contributed by atoms with Crippen molar-refractivity contribution in [3.05, 3.63) is 64.6 Å². The van der Waals surface area contributed by atoms with Gasteiger partial charge in [0.1, 0.15) is 12.1 Å². The summed E-state index contributed by atoms with van der Waals surface area (Å²) in [7, 11) is 3.98. The Bertz CT molecular complexity index is 1100. The van der Waals surface area contributed by atoms with E-state index in [2.05, 4.69) is 66.5 Å². The van der Waals surface area contributed by atoms with Crippen molar-refractivity contribution >= 4 is 28.2 Å². The van der Waals surface area contributed by atoms with E-state index < -0.39 is 0 Å². The molecule has 1 fully saturated rings. The molecule has 0 spiro atoms. The van der Waals surface area contributed by atoms with Gasteiger partial charge < -0.3 is 10.2 Å². The van der Waals surface area contributed by atoms with E-state index in [4.69, 9.17) is 0 Å². The second-order valence-electron chi connectivity index (χ2n) is 9.50. The van der Waals surface area contributed by atoms with E-state index in [9.17, 15) is 4.79 Å². The van der Waals surface area contributed by atoms with Crippen LogP contribution in [0.5, 0.6) is 0 Å². The first-order valence-electron chi connectivity index (χ1n) is 12.1. The summed E-state index contributed by atoms with van der Waals surface area (Å²) in [6.07, 6.45) is 2.49. The molecule has 1 aliphatic heterocycles. The number of hydrogen-bond acceptors (Lipinski definition) is 8. The van der Waals surface area contributed by atoms with Crippen molar-refractivity contribution in [2.24, 2.45) is 5.92 Å². The number of nitrogens with one attached hydrogen (secondary N) is 1. The second-order valence-corrected chi connectivity index (χ2v) is 10.7. The van der Waals surface area contributed by atoms with E-state index in [1.807, 2.05) is 32.8 Å². The van der Waals surface area contributed by atoms with E-state index >= 15 is 0 Å². The van der Waals surface area contributed by atoms with Crippen LogP contribution < -0.4 is 10.2 Å². The number of carbonyl (C=O) groups excluding carboxylic acids is 1. The molecule has 4 rings (SSSR count). The van der Waals surface area contributed by atoms with Gasteiger partial charge in [0.2, 0.25) is 5.91 Å². The molecule has 1 aromatic carbocycles. The van der Waals surface area contributed by atoms with Crippen LogP contribution in [0, 0.1) is 19.8 Å². The summed E-state index contributed by atoms with van der Waals surface area (Å²) in [5.41, 5.74) is 3.32. The molecule has 3 aromatic rings. The summed E-state index contributed by atoms with van der Waals surface area (Å²) >= 11 is 1.53. The minimum absolute atomic E-state index is 0.00839. The van der Waals surface area contributed by atoms with Crippen LogP contribution in [0.15, 0.2) is 42.7 Å². The molecular formula is C26H35N7OS. The smallest absolute Gasteiger partial charge is 0.240 e. The number of rotatable bonds is 8. The first kappa shape index (κ1) is 25.2. The van der Waals surface area contributed by atoms with Gasteiger partial charge in [-0.1, -0.05) is 30.3 Å². The lowest BCUT2D eigenvalue weighted by Gasteiger charge is -2.24. The fourth-order valence-corrected chi connectivity index (χ4v) is 5.27. The van der Waals surface area contributed by atoms with Gasteiger partial charge in [0, 0.05) is 63.5 Å². The lowest BCUT2D eigenvalue weighted by molar-refractivity contribution is -0.117. The van der Waals surface area contributed by atoms with Crippen LogP contribution in [-0.2, 0) is 17.8 Å². The number of benzene rings is 1. The van der Waals surface area contributed by atoms with Gasteiger partial charge in [-0.25, -0.2) is 15.0 Å². The summed E-state index contributed by atoms with van der Waals surface area (Å²) in [6.45, 7) is 8.83. The Balaban J connectivity index is 1.45. The van der Waals surface area contributed by atoms with Crippen molar-refractivity contribution in [3.8, 4) is 0 Å². The second kappa shape index (κ2) is 11.7. The number of thiazole rings is 1. The van der Waals surface area contributed by atoms with Gasteiger partial charge in [-0.3, -0.25) is 14.6 Å². The number of hydrogen-bond donors (Lipinski definition) is 1. The van der Waals surface area contributed by atoms with Gasteiger partial charge in [0.05, 0.1) is 12.2 Å². The zero-order valence-corrected chi connectivity index (χ0v) is 21.9. The Labute approximate surface area is 212 Å². The van der Waals surface area contributed by atoms with Crippen molar-refractivity contribution in [2.75, 3.05) is 57.0 Å². The maximum atomic E-state index is 12.8. The van der Waals surface area contributed by atoms with Gasteiger partial charge in [0.25, 0.3) is 0 Å². The van der Waals surface area contributed by atoms with Crippen molar-refractivity contribution in [1.29, 1.82) is 0 Å². The minimum atomic E-state index is -0.00839. The average Bonchev–Trinajstić information content (AvgIpc) is 3.02. The lowest BCUT2D eigenvalue weighted by Crippen LogP contribution is -2.37. The van der Waals surface area contributed by atoms with Gasteiger partial charge in [0.15, 0.2) is 5.13 Å². The molecule has 186 valence electrons. The third kappa shape index (κ3) is 7.30. The first-order chi connectivity index (χ1) is 16.9. The van der Waals surface area contributed by atoms with Crippen molar-refractivity contribution < 1.29 is 4.79 Å². The number of aromatic nitrogens is 3. The summed E-state index contributed by atoms with van der Waals surface area (Å²) in [5, 5.41) is 3.67. The molecule has 0 bridgehead atoms. The molecule has 0 saturated carbocycles. The highest BCUT2D eigenvalue weighted by molar-refractivity contribution is 7.15. The number of amides is 1. The number of aryl methyl sites for hydroxylation is 2. The number of carbonyl (C=O) groups is 1. The van der Waals surface area contributed by atoms with Crippen LogP contribution in [0.2, 0.25) is 0 Å². The Morgan fingerprint density at radius 3 is 2.57 bits per heavy atom. The van der Waals surface area contributed by atoms with Gasteiger partial charge in [-0.2, -0.15) is 0 Å². The standard InChI is InChI=1S/C26H35N7OS/c1-19-20(2)35-26(29-19)30-25(34)17-33-11-10-32(14-21-8-6-5-7-9-21)15-22(16-33)12-23-13-24(31(3)4)28-18-27-23/h5-9,13,18,22H,10-12,14-17H2,1-4H3,(H,29,30,34)/t22-/m1/s1. The fraction of sp³-hybridized carbons (Fsp3) is 0.462. The molecule has 3 heterocycles. The maximum Gasteiger partial charge on any atom is 0.240 e. The van der Waals surface area contributed by atoms with Crippen LogP contribution in [0.3, 0.4) is 0 Å². The van der Waals surface area contributed by atoms with Crippen molar-refractivity contribution in [2.45, 2.75) is 26.8 Å². The molecule has 1 amide bonds. The van der Waals surface area contributed by atoms with Crippen molar-refractivity contribution in [3.63, 3.8) is 0 Å². The van der Waals surface area contributed by atoms with Gasteiger partial charge in [-0.05, 0) is 31.7 Å². The predicted molar refractivity (Wildman–Crippen MR) is 142 cm³/mol. The Morgan fingerprint density at radius 2 is 1.86 bits per heavy atom. The average molecular weight is 494 g/mol. The predicted octanol–water partition coefficient (Wildman–Crippen LogP) is 3.23. The Morgan fingerprint density at radius 1 is 1.11 bits per heavy atom. The summed E-state index contributed by atoms with van der Waals surface area (Å²) in [6, 6.07) is 12.7. The van der Waals surface area contributed by atoms with E-state index in [0.29, 0.717) is 17.6 Å². The quantitative estimate of drug-likeness (QED) is 0.516. The number of nitrogens with zero attached hydrogens (tertiary/aromatic N) is 6. The zero-order chi connectivity index (χ0) is 24.8. The largest absolute Gasteiger partial charge is 0.363 e. The van der Waals surface area contributed by atoms with Crippen LogP contribution in [-0.4, -0.2) is 77.5 Å². The minimum Gasteiger partial charge on any atom is -0.363 e. The Kier molecular flexibility index (Phi) is 8.43. The van der Waals surface area contributed by atoms with E-state index in [-0.39, 0.29) is 5.91 Å². The molecule has 1 atom stereocenters. The van der Waals surface area contributed by atoms with Gasteiger partial charge in [-0.15, -0.1) is 11.3 Å². The fourth-order valence-electron chi connectivity index (χ4n) is 4.44. The highest BCUT2D eigenvalue weighted by Gasteiger charge is 2.25. The van der Waals surface area contributed by atoms with E-state index in [1.54, 1.807) is 6.33 Å². The van der Waals surface area contributed by atoms with Crippen LogP contribution in [0.4, 0.5) is 10.9 Å². The summed E-state index contributed by atoms with van der Waals surface area (Å²) < 4.78 is 0. The summed E-state index contributed by atoms with van der Waals surface area (Å²) in [5.74, 6) is 1.25. The highest BCUT2D eigenvalue weighted by Crippen LogP contribution is 2.22.